The van der Waals surface area contributed by atoms with Crippen LogP contribution in [0.3, 0.4) is 0 Å². The first-order valence-corrected chi connectivity index (χ1v) is 5.39. The van der Waals surface area contributed by atoms with Crippen LogP contribution in [0.25, 0.3) is 0 Å². The number of alkyl halides is 1. The Kier molecular flexibility index (Phi) is 3.96. The second kappa shape index (κ2) is 3.98. The zero-order valence-electron chi connectivity index (χ0n) is 10.2. The van der Waals surface area contributed by atoms with E-state index in [2.05, 4.69) is 34.6 Å². The fourth-order valence-electron chi connectivity index (χ4n) is 2.25. The van der Waals surface area contributed by atoms with E-state index in [0.29, 0.717) is 18.3 Å². The lowest BCUT2D eigenvalue weighted by Crippen LogP contribution is -2.47. The van der Waals surface area contributed by atoms with Crippen molar-refractivity contribution in [2.24, 2.45) is 17.3 Å². The summed E-state index contributed by atoms with van der Waals surface area (Å²) in [6, 6.07) is 0. The Morgan fingerprint density at radius 2 is 1.31 bits per heavy atom. The number of rotatable bonds is 4. The molecule has 0 saturated heterocycles. The van der Waals surface area contributed by atoms with Gasteiger partial charge < -0.3 is 0 Å². The summed E-state index contributed by atoms with van der Waals surface area (Å²) in [5.41, 5.74) is -1.28. The highest BCUT2D eigenvalue weighted by Crippen LogP contribution is 2.48. The third-order valence-electron chi connectivity index (χ3n) is 4.19. The molecule has 0 aromatic rings. The molecule has 0 fully saturated rings. The fraction of sp³-hybridized carbons (Fsp3) is 1.00. The maximum atomic E-state index is 14.4. The lowest BCUT2D eigenvalue weighted by Gasteiger charge is -2.47. The van der Waals surface area contributed by atoms with Crippen molar-refractivity contribution in [3.8, 4) is 0 Å². The van der Waals surface area contributed by atoms with Gasteiger partial charge in [-0.25, -0.2) is 4.39 Å². The Morgan fingerprint density at radius 1 is 1.00 bits per heavy atom. The van der Waals surface area contributed by atoms with Gasteiger partial charge in [-0.1, -0.05) is 41.5 Å². The largest absolute Gasteiger partial charge is 0.244 e. The lowest BCUT2D eigenvalue weighted by molar-refractivity contribution is -0.0551. The predicted octanol–water partition coefficient (Wildman–Crippen LogP) is 4.44. The Morgan fingerprint density at radius 3 is 1.38 bits per heavy atom. The molecule has 0 saturated carbocycles. The van der Waals surface area contributed by atoms with E-state index in [0.717, 1.165) is 0 Å². The third kappa shape index (κ3) is 2.05. The molecule has 80 valence electrons. The molecule has 13 heavy (non-hydrogen) atoms. The van der Waals surface area contributed by atoms with Gasteiger partial charge in [-0.3, -0.25) is 0 Å². The van der Waals surface area contributed by atoms with Gasteiger partial charge in [0.2, 0.25) is 0 Å². The highest BCUT2D eigenvalue weighted by atomic mass is 19.1. The van der Waals surface area contributed by atoms with E-state index in [4.69, 9.17) is 0 Å². The quantitative estimate of drug-likeness (QED) is 0.611. The summed E-state index contributed by atoms with van der Waals surface area (Å²) in [5, 5.41) is 0. The van der Waals surface area contributed by atoms with E-state index in [1.807, 2.05) is 6.92 Å². The molecular formula is C12H25F. The summed E-state index contributed by atoms with van der Waals surface area (Å²) in [7, 11) is 0. The molecule has 1 unspecified atom stereocenters. The maximum Gasteiger partial charge on any atom is 0.113 e. The summed E-state index contributed by atoms with van der Waals surface area (Å²) in [6.45, 7) is 14.2. The molecule has 0 aliphatic heterocycles. The van der Waals surface area contributed by atoms with Gasteiger partial charge in [0.15, 0.2) is 0 Å². The monoisotopic (exact) mass is 188 g/mol. The van der Waals surface area contributed by atoms with Gasteiger partial charge in [-0.15, -0.1) is 0 Å². The third-order valence-corrected chi connectivity index (χ3v) is 4.19. The van der Waals surface area contributed by atoms with E-state index in [1.54, 1.807) is 6.92 Å². The first-order chi connectivity index (χ1) is 5.70. The van der Waals surface area contributed by atoms with Crippen LogP contribution in [0.5, 0.6) is 0 Å². The van der Waals surface area contributed by atoms with Crippen LogP contribution in [0.15, 0.2) is 0 Å². The molecule has 0 amide bonds. The second-order valence-electron chi connectivity index (χ2n) is 5.14. The Labute approximate surface area is 82.9 Å². The molecule has 1 heteroatoms. The molecule has 0 rings (SSSR count). The minimum absolute atomic E-state index is 0.220. The average molecular weight is 188 g/mol. The first-order valence-electron chi connectivity index (χ1n) is 5.39. The lowest BCUT2D eigenvalue weighted by atomic mass is 9.61. The van der Waals surface area contributed by atoms with E-state index in [9.17, 15) is 4.39 Å². The highest BCUT2D eigenvalue weighted by Gasteiger charge is 2.47. The van der Waals surface area contributed by atoms with Gasteiger partial charge in [-0.2, -0.15) is 0 Å². The fourth-order valence-corrected chi connectivity index (χ4v) is 2.25. The Hall–Kier alpha value is -0.0700. The topological polar surface area (TPSA) is 0 Å². The van der Waals surface area contributed by atoms with Crippen LogP contribution in [0, 0.1) is 17.3 Å². The predicted molar refractivity (Wildman–Crippen MR) is 57.6 cm³/mol. The van der Waals surface area contributed by atoms with Crippen molar-refractivity contribution in [1.29, 1.82) is 0 Å². The normalized spacial score (nSPS) is 18.0. The summed E-state index contributed by atoms with van der Waals surface area (Å²) in [5.74, 6) is 0.755. The van der Waals surface area contributed by atoms with E-state index in [-0.39, 0.29) is 5.41 Å². The summed E-state index contributed by atoms with van der Waals surface area (Å²) in [6.07, 6.45) is 0.597. The zero-order chi connectivity index (χ0) is 10.9. The molecule has 0 radical (unpaired) electrons. The molecule has 0 bridgehead atoms. The average Bonchev–Trinajstić information content (AvgIpc) is 2.01. The van der Waals surface area contributed by atoms with Gasteiger partial charge >= 0.3 is 0 Å². The van der Waals surface area contributed by atoms with Gasteiger partial charge in [0.25, 0.3) is 0 Å². The number of halogens is 1. The smallest absolute Gasteiger partial charge is 0.113 e. The molecular weight excluding hydrogens is 163 g/mol. The van der Waals surface area contributed by atoms with E-state index in [1.165, 1.54) is 0 Å². The Bertz CT molecular complexity index is 149. The molecule has 0 spiro atoms. The van der Waals surface area contributed by atoms with Gasteiger partial charge in [0.05, 0.1) is 0 Å². The summed E-state index contributed by atoms with van der Waals surface area (Å²) in [4.78, 5) is 0. The Balaban J connectivity index is 5.01. The molecule has 0 aliphatic rings. The van der Waals surface area contributed by atoms with Crippen LogP contribution in [0.4, 0.5) is 4.39 Å². The minimum Gasteiger partial charge on any atom is -0.244 e. The highest BCUT2D eigenvalue weighted by molar-refractivity contribution is 4.96. The van der Waals surface area contributed by atoms with Crippen molar-refractivity contribution in [1.82, 2.24) is 0 Å². The van der Waals surface area contributed by atoms with Crippen molar-refractivity contribution in [3.63, 3.8) is 0 Å². The number of hydrogen-bond donors (Lipinski definition) is 0. The van der Waals surface area contributed by atoms with Crippen molar-refractivity contribution in [2.45, 2.75) is 60.6 Å². The van der Waals surface area contributed by atoms with Crippen LogP contribution in [0.1, 0.15) is 54.9 Å². The summed E-state index contributed by atoms with van der Waals surface area (Å²) < 4.78 is 14.4. The summed E-state index contributed by atoms with van der Waals surface area (Å²) >= 11 is 0. The zero-order valence-corrected chi connectivity index (χ0v) is 10.2. The van der Waals surface area contributed by atoms with Crippen molar-refractivity contribution in [3.05, 3.63) is 0 Å². The molecule has 0 aromatic carbocycles. The van der Waals surface area contributed by atoms with Crippen LogP contribution < -0.4 is 0 Å². The second-order valence-corrected chi connectivity index (χ2v) is 5.14. The molecule has 1 atom stereocenters. The van der Waals surface area contributed by atoms with Crippen LogP contribution in [-0.2, 0) is 0 Å². The molecule has 0 aliphatic carbocycles. The maximum absolute atomic E-state index is 14.4. The first kappa shape index (κ1) is 12.9. The SMILES string of the molecule is CCC(C)(F)C(C)(C(C)C)C(C)C. The van der Waals surface area contributed by atoms with Crippen molar-refractivity contribution >= 4 is 0 Å². The van der Waals surface area contributed by atoms with Gasteiger partial charge in [-0.05, 0) is 25.2 Å². The van der Waals surface area contributed by atoms with E-state index >= 15 is 0 Å². The molecule has 0 aromatic heterocycles. The van der Waals surface area contributed by atoms with Crippen LogP contribution >= 0.6 is 0 Å². The van der Waals surface area contributed by atoms with Gasteiger partial charge in [0.1, 0.15) is 5.67 Å². The van der Waals surface area contributed by atoms with Crippen molar-refractivity contribution in [2.75, 3.05) is 0 Å². The standard InChI is InChI=1S/C12H25F/c1-8-11(6,13)12(7,9(2)3)10(4)5/h9-10H,8H2,1-7H3. The minimum atomic E-state index is -1.06. The molecule has 0 N–H and O–H groups in total. The van der Waals surface area contributed by atoms with E-state index < -0.39 is 5.67 Å². The van der Waals surface area contributed by atoms with Crippen LogP contribution in [0.2, 0.25) is 0 Å². The van der Waals surface area contributed by atoms with Crippen molar-refractivity contribution < 1.29 is 4.39 Å². The molecule has 0 heterocycles. The van der Waals surface area contributed by atoms with Crippen LogP contribution in [-0.4, -0.2) is 5.67 Å². The number of hydrogen-bond acceptors (Lipinski definition) is 0. The van der Waals surface area contributed by atoms with Gasteiger partial charge in [0, 0.05) is 5.41 Å². The molecule has 0 nitrogen and oxygen atoms in total.